The first-order chi connectivity index (χ1) is 11.8. The fourth-order valence-corrected chi connectivity index (χ4v) is 2.76. The predicted octanol–water partition coefficient (Wildman–Crippen LogP) is 2.96. The number of carbonyl (C=O) groups is 1. The van der Waals surface area contributed by atoms with Crippen molar-refractivity contribution < 1.29 is 23.7 Å². The van der Waals surface area contributed by atoms with E-state index >= 15 is 0 Å². The first kappa shape index (κ1) is 21.8. The average Bonchev–Trinajstić information content (AvgIpc) is 2.55. The number of nitrogens with one attached hydrogen (secondary N) is 1. The van der Waals surface area contributed by atoms with Gasteiger partial charge in [-0.25, -0.2) is 4.57 Å². The molecule has 0 aliphatic rings. The summed E-state index contributed by atoms with van der Waals surface area (Å²) >= 11 is 0. The van der Waals surface area contributed by atoms with Gasteiger partial charge >= 0.3 is 7.82 Å². The molecule has 142 valence electrons. The van der Waals surface area contributed by atoms with Gasteiger partial charge in [0.25, 0.3) is 0 Å². The Balaban J connectivity index is 2.41. The number of amides is 1. The molecule has 0 saturated carbocycles. The second-order valence-corrected chi connectivity index (χ2v) is 7.34. The van der Waals surface area contributed by atoms with Crippen LogP contribution in [0.15, 0.2) is 24.3 Å². The van der Waals surface area contributed by atoms with E-state index in [9.17, 15) is 9.36 Å². The van der Waals surface area contributed by atoms with Gasteiger partial charge in [0.2, 0.25) is 5.91 Å². The smallest absolute Gasteiger partial charge is 0.325 e. The van der Waals surface area contributed by atoms with Crippen molar-refractivity contribution in [2.24, 2.45) is 5.73 Å². The molecule has 0 radical (unpaired) electrons. The highest BCUT2D eigenvalue weighted by Gasteiger charge is 2.20. The van der Waals surface area contributed by atoms with Crippen molar-refractivity contribution >= 4 is 19.4 Å². The lowest BCUT2D eigenvalue weighted by molar-refractivity contribution is -0.118. The van der Waals surface area contributed by atoms with Crippen molar-refractivity contribution in [2.45, 2.75) is 57.9 Å². The Hall–Kier alpha value is -1.24. The Morgan fingerprint density at radius 1 is 1.24 bits per heavy atom. The van der Waals surface area contributed by atoms with E-state index in [4.69, 9.17) is 15.5 Å². The van der Waals surface area contributed by atoms with Gasteiger partial charge in [-0.1, -0.05) is 51.2 Å². The van der Waals surface area contributed by atoms with E-state index in [0.717, 1.165) is 18.4 Å². The summed E-state index contributed by atoms with van der Waals surface area (Å²) in [5.41, 5.74) is 7.31. The zero-order valence-electron chi connectivity index (χ0n) is 14.7. The number of anilines is 1. The van der Waals surface area contributed by atoms with Gasteiger partial charge in [0, 0.05) is 5.69 Å². The van der Waals surface area contributed by atoms with Crippen molar-refractivity contribution in [3.8, 4) is 0 Å². The summed E-state index contributed by atoms with van der Waals surface area (Å²) in [6, 6.07) is 6.35. The van der Waals surface area contributed by atoms with Crippen LogP contribution in [0, 0.1) is 0 Å². The summed E-state index contributed by atoms with van der Waals surface area (Å²) < 4.78 is 14.9. The summed E-state index contributed by atoms with van der Waals surface area (Å²) in [5.74, 6) is -0.551. The van der Waals surface area contributed by atoms with Gasteiger partial charge in [-0.05, 0) is 30.5 Å². The lowest BCUT2D eigenvalue weighted by atomic mass is 10.0. The normalized spacial score (nSPS) is 12.8. The quantitative estimate of drug-likeness (QED) is 0.330. The Morgan fingerprint density at radius 3 is 2.60 bits per heavy atom. The van der Waals surface area contributed by atoms with Crippen LogP contribution in [0.25, 0.3) is 0 Å². The lowest BCUT2D eigenvalue weighted by Crippen LogP contribution is -2.39. The third-order valence-corrected chi connectivity index (χ3v) is 4.26. The van der Waals surface area contributed by atoms with Crippen molar-refractivity contribution in [1.82, 2.24) is 0 Å². The number of rotatable bonds is 12. The van der Waals surface area contributed by atoms with Crippen LogP contribution in [-0.2, 0) is 20.3 Å². The van der Waals surface area contributed by atoms with E-state index < -0.39 is 26.4 Å². The second-order valence-electron chi connectivity index (χ2n) is 6.10. The molecule has 1 atom stereocenters. The molecule has 0 fully saturated rings. The van der Waals surface area contributed by atoms with Crippen LogP contribution in [0.2, 0.25) is 0 Å². The van der Waals surface area contributed by atoms with Gasteiger partial charge in [-0.3, -0.25) is 9.32 Å². The highest BCUT2D eigenvalue weighted by Crippen LogP contribution is 2.35. The second kappa shape index (κ2) is 11.4. The number of nitrogens with two attached hydrogens (primary N) is 1. The Bertz CT molecular complexity index is 576. The molecule has 1 rings (SSSR count). The van der Waals surface area contributed by atoms with Gasteiger partial charge < -0.3 is 20.8 Å². The number of carbonyl (C=O) groups excluding carboxylic acids is 1. The molecule has 5 N–H and O–H groups in total. The molecular formula is C17H29N2O5P. The van der Waals surface area contributed by atoms with Crippen LogP contribution in [-0.4, -0.2) is 28.3 Å². The van der Waals surface area contributed by atoms with Crippen molar-refractivity contribution in [1.29, 1.82) is 0 Å². The number of unbranched alkanes of at least 4 members (excludes halogenated alkanes) is 5. The van der Waals surface area contributed by atoms with Crippen molar-refractivity contribution in [3.63, 3.8) is 0 Å². The molecule has 0 heterocycles. The van der Waals surface area contributed by atoms with Gasteiger partial charge in [0.05, 0.1) is 6.61 Å². The maximum Gasteiger partial charge on any atom is 0.469 e. The molecule has 8 heteroatoms. The highest BCUT2D eigenvalue weighted by atomic mass is 31.2. The first-order valence-corrected chi connectivity index (χ1v) is 10.2. The highest BCUT2D eigenvalue weighted by molar-refractivity contribution is 7.46. The van der Waals surface area contributed by atoms with E-state index in [1.807, 2.05) is 18.2 Å². The van der Waals surface area contributed by atoms with Gasteiger partial charge in [0.1, 0.15) is 6.04 Å². The molecule has 0 aromatic heterocycles. The molecule has 0 aliphatic carbocycles. The molecule has 0 aliphatic heterocycles. The van der Waals surface area contributed by atoms with Crippen molar-refractivity contribution in [3.05, 3.63) is 29.8 Å². The fraction of sp³-hybridized carbons (Fsp3) is 0.588. The fourth-order valence-electron chi connectivity index (χ4n) is 2.40. The molecule has 0 saturated heterocycles. The number of hydrogen-bond acceptors (Lipinski definition) is 4. The molecular weight excluding hydrogens is 343 g/mol. The first-order valence-electron chi connectivity index (χ1n) is 8.67. The van der Waals surface area contributed by atoms with Crippen LogP contribution in [0.1, 0.15) is 51.0 Å². The van der Waals surface area contributed by atoms with Crippen molar-refractivity contribution in [2.75, 3.05) is 11.9 Å². The molecule has 1 amide bonds. The van der Waals surface area contributed by atoms with E-state index in [1.165, 1.54) is 32.1 Å². The summed E-state index contributed by atoms with van der Waals surface area (Å²) in [4.78, 5) is 29.2. The van der Waals surface area contributed by atoms with Crippen LogP contribution >= 0.6 is 7.82 Å². The monoisotopic (exact) mass is 372 g/mol. The average molecular weight is 372 g/mol. The Morgan fingerprint density at radius 2 is 1.92 bits per heavy atom. The topological polar surface area (TPSA) is 122 Å². The van der Waals surface area contributed by atoms with Crippen LogP contribution in [0.5, 0.6) is 0 Å². The summed E-state index contributed by atoms with van der Waals surface area (Å²) in [5, 5.41) is 2.64. The Labute approximate surface area is 149 Å². The minimum Gasteiger partial charge on any atom is -0.325 e. The van der Waals surface area contributed by atoms with Gasteiger partial charge in [-0.2, -0.15) is 0 Å². The predicted molar refractivity (Wildman–Crippen MR) is 98.1 cm³/mol. The minimum absolute atomic E-state index is 0.548. The largest absolute Gasteiger partial charge is 0.469 e. The summed E-state index contributed by atoms with van der Waals surface area (Å²) in [6.45, 7) is 1.65. The molecule has 1 aromatic rings. The van der Waals surface area contributed by atoms with E-state index in [0.29, 0.717) is 5.69 Å². The van der Waals surface area contributed by atoms with Gasteiger partial charge in [-0.15, -0.1) is 0 Å². The lowest BCUT2D eigenvalue weighted by Gasteiger charge is -2.13. The van der Waals surface area contributed by atoms with E-state index in [2.05, 4.69) is 16.8 Å². The Kier molecular flexibility index (Phi) is 9.93. The van der Waals surface area contributed by atoms with E-state index in [-0.39, 0.29) is 0 Å². The van der Waals surface area contributed by atoms with Gasteiger partial charge in [0.15, 0.2) is 0 Å². The maximum atomic E-state index is 11.9. The molecule has 1 aromatic carbocycles. The molecule has 7 nitrogen and oxygen atoms in total. The zero-order valence-corrected chi connectivity index (χ0v) is 15.6. The number of aryl methyl sites for hydroxylation is 1. The third kappa shape index (κ3) is 10.4. The zero-order chi connectivity index (χ0) is 18.7. The van der Waals surface area contributed by atoms with Crippen LogP contribution < -0.4 is 11.1 Å². The number of benzene rings is 1. The summed E-state index contributed by atoms with van der Waals surface area (Å²) in [6.07, 6.45) is 8.30. The molecule has 25 heavy (non-hydrogen) atoms. The number of phosphoric acid groups is 1. The molecule has 0 bridgehead atoms. The number of phosphoric ester groups is 1. The van der Waals surface area contributed by atoms with E-state index in [1.54, 1.807) is 6.07 Å². The minimum atomic E-state index is -4.63. The molecule has 0 unspecified atom stereocenters. The van der Waals surface area contributed by atoms with Crippen LogP contribution in [0.3, 0.4) is 0 Å². The standard InChI is InChI=1S/C17H29N2O5P/c1-2-3-4-5-6-7-9-14-10-8-11-15(12-14)19-17(20)16(18)13-24-25(21,22)23/h8,10-12,16H,2-7,9,13,18H2,1H3,(H,19,20)(H2,21,22,23)/t16-/m1/s1. The maximum absolute atomic E-state index is 11.9. The van der Waals surface area contributed by atoms with Crippen LogP contribution in [0.4, 0.5) is 5.69 Å². The number of hydrogen-bond donors (Lipinski definition) is 4. The summed E-state index contributed by atoms with van der Waals surface area (Å²) in [7, 11) is -4.63. The SMILES string of the molecule is CCCCCCCCc1cccc(NC(=O)[C@H](N)COP(=O)(O)O)c1. The molecule has 0 spiro atoms. The third-order valence-electron chi connectivity index (χ3n) is 3.77.